The van der Waals surface area contributed by atoms with Crippen molar-refractivity contribution in [3.8, 4) is 11.5 Å². The molecule has 3 heterocycles. The predicted octanol–water partition coefficient (Wildman–Crippen LogP) is -1.26. The first-order chi connectivity index (χ1) is 26.2. The number of fused-ring (bicyclic) bond motifs is 2. The van der Waals surface area contributed by atoms with Crippen molar-refractivity contribution in [3.63, 3.8) is 0 Å². The number of aromatic nitrogens is 6. The molecule has 292 valence electrons. The number of hydrogen-bond acceptors (Lipinski definition) is 18. The van der Waals surface area contributed by atoms with Crippen LogP contribution in [0.4, 0.5) is 20.4 Å². The van der Waals surface area contributed by atoms with Crippen LogP contribution in [0.5, 0.6) is 0 Å². The first-order valence-electron chi connectivity index (χ1n) is 16.7. The zero-order chi connectivity index (χ0) is 38.2. The molecule has 20 nitrogen and oxygen atoms in total. The van der Waals surface area contributed by atoms with Crippen LogP contribution in [0.2, 0.25) is 0 Å². The van der Waals surface area contributed by atoms with E-state index in [9.17, 15) is 28.4 Å². The first-order valence-corrected chi connectivity index (χ1v) is 16.7. The Morgan fingerprint density at radius 1 is 0.839 bits per heavy atom. The standard InChI is InChI=1S/C17H16FN5O5.C16H18FN5O4.Na.H2O/c18-10-4-3-9-6-13(12(9)7-10)23-16(22-27-17(23)26)14-15(21-28-20-14)19-8-11(25)2-1-5-24;17-10-4-3-9-6-13(12(9)7-10)19-16(20-25)14-15(22-26-21-14)18-8-11(24)2-1-5-23;;/h3-4,7,13,24H,1-2,5-6,8H2,(H,19,21);3-4,7,13,23,25H,1-2,5-6,8H2,(H,18,22)(H,19,20);;1H2/q;;+1;/p-1/t2*13-;;/m00../s1. The molecule has 2 atom stereocenters. The van der Waals surface area contributed by atoms with Gasteiger partial charge in [0.15, 0.2) is 28.8 Å². The zero-order valence-corrected chi connectivity index (χ0v) is 31.8. The molecule has 7 N–H and O–H groups in total. The number of anilines is 2. The number of aliphatic hydroxyl groups excluding tert-OH is 2. The molecule has 0 unspecified atom stereocenters. The van der Waals surface area contributed by atoms with Crippen LogP contribution in [0, 0.1) is 11.6 Å². The van der Waals surface area contributed by atoms with Crippen molar-refractivity contribution < 1.29 is 82.6 Å². The van der Waals surface area contributed by atoms with Crippen LogP contribution in [0.1, 0.15) is 65.7 Å². The molecular weight excluding hydrogens is 757 g/mol. The Hall–Kier alpha value is -5.23. The van der Waals surface area contributed by atoms with E-state index in [1.165, 1.54) is 28.8 Å². The number of hydroxylamine groups is 1. The Morgan fingerprint density at radius 2 is 1.43 bits per heavy atom. The smallest absolute Gasteiger partial charge is 0.870 e. The van der Waals surface area contributed by atoms with E-state index in [0.29, 0.717) is 31.2 Å². The molecular formula is C33H35F2N10NaO10. The number of aliphatic hydroxyl groups is 2. The van der Waals surface area contributed by atoms with Crippen molar-refractivity contribution in [2.75, 3.05) is 36.9 Å². The van der Waals surface area contributed by atoms with Gasteiger partial charge in [0.2, 0.25) is 17.5 Å². The Morgan fingerprint density at radius 3 is 2.07 bits per heavy atom. The number of hydrogen-bond donors (Lipinski definition) is 6. The van der Waals surface area contributed by atoms with Crippen molar-refractivity contribution in [1.29, 1.82) is 0 Å². The number of amidine groups is 1. The normalized spacial score (nSPS) is 15.0. The van der Waals surface area contributed by atoms with Gasteiger partial charge in [-0.05, 0) is 92.8 Å². The molecule has 56 heavy (non-hydrogen) atoms. The van der Waals surface area contributed by atoms with Gasteiger partial charge in [0.05, 0.1) is 25.2 Å². The average molecular weight is 793 g/mol. The zero-order valence-electron chi connectivity index (χ0n) is 29.8. The van der Waals surface area contributed by atoms with E-state index < -0.39 is 17.6 Å². The maximum Gasteiger partial charge on any atom is 1.00 e. The number of ketones is 2. The summed E-state index contributed by atoms with van der Waals surface area (Å²) in [5.74, 6) is -1.40. The SMILES string of the molecule is O=C(CCCO)CNc1nonc1-c1noc(=O)n1[C@H]1Cc2ccc(F)cc21.O=C(CCCO)CNc1nonc1C(=N[C@H]1Cc2ccc(F)cc21)NO.[Na+].[OH-]. The molecule has 2 aliphatic carbocycles. The molecule has 0 saturated heterocycles. The van der Waals surface area contributed by atoms with E-state index in [1.807, 2.05) is 5.48 Å². The number of rotatable bonds is 16. The van der Waals surface area contributed by atoms with Gasteiger partial charge in [0.1, 0.15) is 11.6 Å². The number of benzene rings is 2. The fraction of sp³-hybridized carbons (Fsp3) is 0.364. The number of halogens is 2. The summed E-state index contributed by atoms with van der Waals surface area (Å²) in [6.45, 7) is -0.216. The van der Waals surface area contributed by atoms with Gasteiger partial charge in [-0.2, -0.15) is 0 Å². The van der Waals surface area contributed by atoms with Crippen molar-refractivity contribution in [1.82, 2.24) is 35.8 Å². The molecule has 0 amide bonds. The van der Waals surface area contributed by atoms with Gasteiger partial charge in [0.25, 0.3) is 0 Å². The van der Waals surface area contributed by atoms with Crippen LogP contribution < -0.4 is 51.4 Å². The molecule has 2 aromatic carbocycles. The molecule has 0 saturated carbocycles. The summed E-state index contributed by atoms with van der Waals surface area (Å²) in [5, 5.41) is 51.0. The summed E-state index contributed by atoms with van der Waals surface area (Å²) >= 11 is 0. The van der Waals surface area contributed by atoms with Gasteiger partial charge in [0, 0.05) is 26.1 Å². The second kappa shape index (κ2) is 20.1. The van der Waals surface area contributed by atoms with Crippen LogP contribution in [0.15, 0.2) is 60.0 Å². The fourth-order valence-corrected chi connectivity index (χ4v) is 5.84. The number of aliphatic imine (C=N–C) groups is 1. The summed E-state index contributed by atoms with van der Waals surface area (Å²) in [6.07, 6.45) is 2.31. The van der Waals surface area contributed by atoms with Gasteiger partial charge < -0.3 is 26.3 Å². The van der Waals surface area contributed by atoms with Gasteiger partial charge in [-0.15, -0.1) is 0 Å². The minimum absolute atomic E-state index is 0. The summed E-state index contributed by atoms with van der Waals surface area (Å²) in [7, 11) is 0. The minimum atomic E-state index is -0.720. The van der Waals surface area contributed by atoms with Crippen LogP contribution in [-0.4, -0.2) is 95.0 Å². The van der Waals surface area contributed by atoms with Crippen molar-refractivity contribution in [2.24, 2.45) is 4.99 Å². The van der Waals surface area contributed by atoms with Crippen molar-refractivity contribution >= 4 is 29.0 Å². The molecule has 0 spiro atoms. The van der Waals surface area contributed by atoms with Crippen molar-refractivity contribution in [3.05, 3.63) is 86.5 Å². The number of nitrogens with one attached hydrogen (secondary N) is 3. The maximum absolute atomic E-state index is 13.6. The van der Waals surface area contributed by atoms with Gasteiger partial charge >= 0.3 is 35.3 Å². The van der Waals surface area contributed by atoms with Crippen LogP contribution in [0.3, 0.4) is 0 Å². The monoisotopic (exact) mass is 792 g/mol. The number of Topliss-reactive ketones (excluding diaryl/α,β-unsaturated/α-hetero) is 2. The number of carbonyl (C=O) groups is 2. The topological polar surface area (TPSA) is 299 Å². The summed E-state index contributed by atoms with van der Waals surface area (Å²) in [6, 6.07) is 8.12. The van der Waals surface area contributed by atoms with E-state index in [-0.39, 0.29) is 132 Å². The Kier molecular flexibility index (Phi) is 15.6. The summed E-state index contributed by atoms with van der Waals surface area (Å²) in [4.78, 5) is 40.0. The molecule has 3 aromatic heterocycles. The second-order valence-corrected chi connectivity index (χ2v) is 12.2. The van der Waals surface area contributed by atoms with E-state index in [0.717, 1.165) is 16.7 Å². The van der Waals surface area contributed by atoms with Crippen LogP contribution in [0.25, 0.3) is 11.5 Å². The predicted molar refractivity (Wildman–Crippen MR) is 182 cm³/mol. The molecule has 0 fully saturated rings. The largest absolute Gasteiger partial charge is 1.00 e. The third-order valence-electron chi connectivity index (χ3n) is 8.64. The van der Waals surface area contributed by atoms with E-state index in [4.69, 9.17) is 19.4 Å². The van der Waals surface area contributed by atoms with Crippen molar-refractivity contribution in [2.45, 2.75) is 50.6 Å². The van der Waals surface area contributed by atoms with E-state index >= 15 is 0 Å². The Labute approximate surface area is 336 Å². The van der Waals surface area contributed by atoms with Crippen LogP contribution >= 0.6 is 0 Å². The molecule has 0 aliphatic heterocycles. The first kappa shape index (κ1) is 43.5. The summed E-state index contributed by atoms with van der Waals surface area (Å²) < 4.78 is 42.4. The average Bonchev–Trinajstić information content (AvgIpc) is 3.91. The molecule has 7 rings (SSSR count). The second-order valence-electron chi connectivity index (χ2n) is 12.2. The Bertz CT molecular complexity index is 2210. The molecule has 0 radical (unpaired) electrons. The third kappa shape index (κ3) is 9.95. The summed E-state index contributed by atoms with van der Waals surface area (Å²) in [5.41, 5.74) is 5.47. The quantitative estimate of drug-likeness (QED) is 0.0294. The molecule has 5 aromatic rings. The number of carbonyl (C=O) groups excluding carboxylic acids is 2. The van der Waals surface area contributed by atoms with Crippen LogP contribution in [-0.2, 0) is 22.4 Å². The molecule has 0 bridgehead atoms. The molecule has 23 heteroatoms. The van der Waals surface area contributed by atoms with E-state index in [1.54, 1.807) is 12.1 Å². The van der Waals surface area contributed by atoms with Gasteiger partial charge in [-0.25, -0.2) is 27.4 Å². The molecule has 2 aliphatic rings. The maximum atomic E-state index is 13.6. The van der Waals surface area contributed by atoms with E-state index in [2.05, 4.69) is 46.0 Å². The Balaban J connectivity index is 0.000000241. The third-order valence-corrected chi connectivity index (χ3v) is 8.64. The fourth-order valence-electron chi connectivity index (χ4n) is 5.84. The minimum Gasteiger partial charge on any atom is -0.870 e. The van der Waals surface area contributed by atoms with Gasteiger partial charge in [-0.1, -0.05) is 17.3 Å². The van der Waals surface area contributed by atoms with Gasteiger partial charge in [-0.3, -0.25) is 29.8 Å². The number of nitrogens with zero attached hydrogens (tertiary/aromatic N) is 7.